The third kappa shape index (κ3) is 4.59. The van der Waals surface area contributed by atoms with Crippen molar-refractivity contribution in [1.29, 1.82) is 0 Å². The summed E-state index contributed by atoms with van der Waals surface area (Å²) in [5, 5.41) is 49.1. The van der Waals surface area contributed by atoms with E-state index in [1.54, 1.807) is 25.1 Å². The molecular weight excluding hydrogens is 607 g/mol. The number of amides is 1. The molecule has 1 fully saturated rings. The number of aliphatic hydroxyl groups excluding tert-OH is 2. The number of carbonyl (C=O) groups is 3. The van der Waals surface area contributed by atoms with Crippen molar-refractivity contribution in [1.82, 2.24) is 9.88 Å². The molecule has 5 rings (SSSR count). The fourth-order valence-electron chi connectivity index (χ4n) is 6.54. The maximum atomic E-state index is 14.1. The van der Waals surface area contributed by atoms with E-state index in [9.17, 15) is 48.0 Å². The topological polar surface area (TPSA) is 190 Å². The van der Waals surface area contributed by atoms with E-state index in [4.69, 9.17) is 5.73 Å². The van der Waals surface area contributed by atoms with Crippen LogP contribution in [-0.4, -0.2) is 87.6 Å². The lowest BCUT2D eigenvalue weighted by Crippen LogP contribution is -2.65. The number of ketones is 2. The normalized spacial score (nSPS) is 25.2. The lowest BCUT2D eigenvalue weighted by atomic mass is 9.57. The number of aromatic hydroxyl groups is 1. The number of carbonyl (C=O) groups excluding carboxylic acids is 3. The molecule has 16 heteroatoms. The summed E-state index contributed by atoms with van der Waals surface area (Å²) in [5.41, 5.74) is 1.31. The Morgan fingerprint density at radius 3 is 2.41 bits per heavy atom. The Balaban J connectivity index is 1.63. The highest BCUT2D eigenvalue weighted by molar-refractivity contribution is 7.13. The predicted molar refractivity (Wildman–Crippen MR) is 153 cm³/mol. The minimum absolute atomic E-state index is 0.0611. The summed E-state index contributed by atoms with van der Waals surface area (Å²) in [4.78, 5) is 46.1. The van der Waals surface area contributed by atoms with Gasteiger partial charge in [-0.3, -0.25) is 19.3 Å². The first-order valence-corrected chi connectivity index (χ1v) is 14.3. The van der Waals surface area contributed by atoms with Gasteiger partial charge in [0.05, 0.1) is 11.6 Å². The van der Waals surface area contributed by atoms with Crippen LogP contribution >= 0.6 is 11.3 Å². The third-order valence-corrected chi connectivity index (χ3v) is 9.28. The van der Waals surface area contributed by atoms with Crippen molar-refractivity contribution < 1.29 is 48.0 Å². The van der Waals surface area contributed by atoms with Crippen molar-refractivity contribution in [2.24, 2.45) is 17.6 Å². The zero-order valence-electron chi connectivity index (χ0n) is 24.0. The fourth-order valence-corrected chi connectivity index (χ4v) is 7.25. The second-order valence-electron chi connectivity index (χ2n) is 11.5. The fraction of sp³-hybridized carbons (Fsp3) is 0.429. The van der Waals surface area contributed by atoms with Crippen molar-refractivity contribution in [3.63, 3.8) is 0 Å². The van der Waals surface area contributed by atoms with Crippen LogP contribution in [0.4, 0.5) is 24.0 Å². The van der Waals surface area contributed by atoms with Gasteiger partial charge >= 0.3 is 6.18 Å². The summed E-state index contributed by atoms with van der Waals surface area (Å²) < 4.78 is 39.0. The Labute approximate surface area is 252 Å². The summed E-state index contributed by atoms with van der Waals surface area (Å²) in [6.45, 7) is -0.200. The first kappa shape index (κ1) is 31.3. The number of nitrogens with zero attached hydrogens (tertiary/aromatic N) is 3. The van der Waals surface area contributed by atoms with Crippen LogP contribution in [0, 0.1) is 11.8 Å². The zero-order chi connectivity index (χ0) is 32.6. The van der Waals surface area contributed by atoms with E-state index >= 15 is 0 Å². The molecule has 2 aromatic rings. The second-order valence-corrected chi connectivity index (χ2v) is 12.4. The molecule has 2 unspecified atom stereocenters. The number of anilines is 2. The highest BCUT2D eigenvalue weighted by Gasteiger charge is 2.64. The van der Waals surface area contributed by atoms with Gasteiger partial charge in [0.25, 0.3) is 5.91 Å². The van der Waals surface area contributed by atoms with Crippen LogP contribution in [0.3, 0.4) is 0 Å². The van der Waals surface area contributed by atoms with Crippen molar-refractivity contribution >= 4 is 45.4 Å². The minimum Gasteiger partial charge on any atom is -0.508 e. The van der Waals surface area contributed by atoms with E-state index in [1.165, 1.54) is 19.0 Å². The Hall–Kier alpha value is -4.15. The molecule has 1 aromatic carbocycles. The quantitative estimate of drug-likeness (QED) is 0.255. The summed E-state index contributed by atoms with van der Waals surface area (Å²) in [6, 6.07) is 0.394. The number of rotatable bonds is 6. The Morgan fingerprint density at radius 1 is 1.20 bits per heavy atom. The largest absolute Gasteiger partial charge is 0.508 e. The maximum absolute atomic E-state index is 14.1. The number of nitrogens with one attached hydrogen (secondary N) is 1. The number of aromatic nitrogens is 1. The number of likely N-dealkylation sites (N-methyl/N-ethyl adjacent to an activating group) is 1. The van der Waals surface area contributed by atoms with Crippen molar-refractivity contribution in [3.8, 4) is 5.75 Å². The zero-order valence-corrected chi connectivity index (χ0v) is 24.8. The third-order valence-electron chi connectivity index (χ3n) is 8.48. The van der Waals surface area contributed by atoms with Crippen molar-refractivity contribution in [2.45, 2.75) is 37.2 Å². The van der Waals surface area contributed by atoms with Gasteiger partial charge in [-0.15, -0.1) is 11.3 Å². The van der Waals surface area contributed by atoms with Crippen molar-refractivity contribution in [2.75, 3.05) is 38.4 Å². The molecule has 236 valence electrons. The maximum Gasteiger partial charge on any atom is 0.434 e. The number of thiazole rings is 1. The number of fused-ring (bicyclic) bond motifs is 3. The smallest absolute Gasteiger partial charge is 0.434 e. The lowest BCUT2D eigenvalue weighted by Gasteiger charge is -2.50. The molecule has 4 atom stereocenters. The molecule has 0 radical (unpaired) electrons. The van der Waals surface area contributed by atoms with E-state index in [1.807, 2.05) is 0 Å². The molecule has 0 saturated heterocycles. The summed E-state index contributed by atoms with van der Waals surface area (Å²) in [7, 11) is 6.44. The van der Waals surface area contributed by atoms with Gasteiger partial charge in [-0.05, 0) is 44.5 Å². The average Bonchev–Trinajstić information content (AvgIpc) is 3.39. The van der Waals surface area contributed by atoms with Gasteiger partial charge in [-0.2, -0.15) is 13.2 Å². The van der Waals surface area contributed by atoms with Gasteiger partial charge in [-0.25, -0.2) is 4.98 Å². The number of primary amides is 1. The van der Waals surface area contributed by atoms with Crippen LogP contribution < -0.4 is 16.0 Å². The number of Topliss-reactive ketones (excluding diaryl/α,β-unsaturated/α-hetero) is 2. The standard InChI is InChI=1S/C28H30F3N5O7S/c1-35(2)14-7-11(8-33-26-34-15(9-44-26)28(29,30)31)20(37)17-12(14)5-10-6-13-19(36(3)4)22(39)18(25(32)42)24(41)27(13,43)23(40)16(10)21(17)38/h7,9-10,13,19,37-38,41,43H,5-6,8H2,1-4H3,(H2,32,42)(H,33,34)/t10?,13-,19?,27-/m0/s1. The van der Waals surface area contributed by atoms with Crippen LogP contribution in [0.1, 0.15) is 28.8 Å². The number of hydrogen-bond acceptors (Lipinski definition) is 12. The van der Waals surface area contributed by atoms with Crippen LogP contribution in [0.15, 0.2) is 28.4 Å². The van der Waals surface area contributed by atoms with Crippen molar-refractivity contribution in [3.05, 3.63) is 50.7 Å². The van der Waals surface area contributed by atoms with Crippen LogP contribution in [-0.2, 0) is 33.5 Å². The molecule has 0 spiro atoms. The molecule has 12 nitrogen and oxygen atoms in total. The van der Waals surface area contributed by atoms with Crippen LogP contribution in [0.25, 0.3) is 5.76 Å². The summed E-state index contributed by atoms with van der Waals surface area (Å²) >= 11 is 0.717. The van der Waals surface area contributed by atoms with Gasteiger partial charge in [0.2, 0.25) is 5.78 Å². The van der Waals surface area contributed by atoms with E-state index < -0.39 is 75.7 Å². The number of halogens is 3. The lowest BCUT2D eigenvalue weighted by molar-refractivity contribution is -0.153. The highest BCUT2D eigenvalue weighted by atomic mass is 32.1. The number of phenols is 1. The number of hydrogen-bond donors (Lipinski definition) is 6. The molecule has 0 bridgehead atoms. The molecule has 1 amide bonds. The molecule has 3 aliphatic rings. The molecule has 0 aliphatic heterocycles. The molecule has 44 heavy (non-hydrogen) atoms. The first-order chi connectivity index (χ1) is 20.4. The molecule has 1 heterocycles. The molecule has 1 saturated carbocycles. The SMILES string of the molecule is CN(C)c1cc(CNc2nc(C(F)(F)F)cs2)c(O)c2c1CC1C[C@H]3C(N(C)C)C(=O)C(C(N)=O)=C(O)[C@@]3(O)C(=O)C1=C2O. The van der Waals surface area contributed by atoms with E-state index in [0.717, 1.165) is 16.7 Å². The van der Waals surface area contributed by atoms with Gasteiger partial charge in [0, 0.05) is 48.8 Å². The number of benzene rings is 1. The summed E-state index contributed by atoms with van der Waals surface area (Å²) in [5.74, 6) is -7.60. The summed E-state index contributed by atoms with van der Waals surface area (Å²) in [6.07, 6.45) is -4.61. The molecular formula is C28H30F3N5O7S. The number of nitrogens with two attached hydrogens (primary N) is 1. The van der Waals surface area contributed by atoms with Crippen LogP contribution in [0.2, 0.25) is 0 Å². The second kappa shape index (κ2) is 10.5. The van der Waals surface area contributed by atoms with Gasteiger partial charge in [0.1, 0.15) is 22.8 Å². The Kier molecular flexibility index (Phi) is 7.46. The first-order valence-electron chi connectivity index (χ1n) is 13.4. The van der Waals surface area contributed by atoms with Gasteiger partial charge in [0.15, 0.2) is 22.2 Å². The number of phenolic OH excluding ortho intramolecular Hbond substituents is 1. The van der Waals surface area contributed by atoms with E-state index in [0.29, 0.717) is 11.3 Å². The van der Waals surface area contributed by atoms with Crippen LogP contribution in [0.5, 0.6) is 5.75 Å². The molecule has 7 N–H and O–H groups in total. The monoisotopic (exact) mass is 637 g/mol. The number of alkyl halides is 3. The minimum atomic E-state index is -4.63. The predicted octanol–water partition coefficient (Wildman–Crippen LogP) is 2.12. The number of aliphatic hydroxyl groups is 3. The Morgan fingerprint density at radius 2 is 1.86 bits per heavy atom. The molecule has 3 aliphatic carbocycles. The molecule has 1 aromatic heterocycles. The average molecular weight is 638 g/mol. The van der Waals surface area contributed by atoms with Gasteiger partial charge in [-0.1, -0.05) is 0 Å². The van der Waals surface area contributed by atoms with E-state index in [-0.39, 0.29) is 41.2 Å². The van der Waals surface area contributed by atoms with E-state index in [2.05, 4.69) is 10.3 Å². The Bertz CT molecular complexity index is 1660. The highest BCUT2D eigenvalue weighted by Crippen LogP contribution is 2.54. The van der Waals surface area contributed by atoms with Gasteiger partial charge < -0.3 is 36.4 Å².